The lowest BCUT2D eigenvalue weighted by Gasteiger charge is -2.19. The molecule has 0 N–H and O–H groups in total. The Morgan fingerprint density at radius 1 is 0.893 bits per heavy atom. The first-order valence-electron chi connectivity index (χ1n) is 10.1. The zero-order valence-corrected chi connectivity index (χ0v) is 18.4. The number of benzene rings is 2. The minimum atomic E-state index is 0.111. The van der Waals surface area contributed by atoms with Gasteiger partial charge in [-0.15, -0.1) is 0 Å². The molecule has 2 aromatic carbocycles. The third kappa shape index (κ3) is 3.99. The van der Waals surface area contributed by atoms with E-state index in [1.54, 1.807) is 0 Å². The zero-order valence-electron chi connectivity index (χ0n) is 18.4. The van der Waals surface area contributed by atoms with Gasteiger partial charge in [-0.1, -0.05) is 84.0 Å². The second-order valence-corrected chi connectivity index (χ2v) is 9.86. The van der Waals surface area contributed by atoms with Gasteiger partial charge in [0, 0.05) is 16.6 Å². The largest absolute Gasteiger partial charge is 0.309 e. The van der Waals surface area contributed by atoms with E-state index in [0.717, 1.165) is 5.69 Å². The van der Waals surface area contributed by atoms with Gasteiger partial charge in [-0.2, -0.15) is 0 Å². The van der Waals surface area contributed by atoms with Gasteiger partial charge in [0.2, 0.25) is 0 Å². The Balaban J connectivity index is 2.38. The van der Waals surface area contributed by atoms with Gasteiger partial charge in [-0.3, -0.25) is 0 Å². The van der Waals surface area contributed by atoms with Crippen molar-refractivity contribution in [2.45, 2.75) is 53.9 Å². The molecule has 0 aliphatic heterocycles. The predicted molar refractivity (Wildman–Crippen MR) is 125 cm³/mol. The summed E-state index contributed by atoms with van der Waals surface area (Å²) in [6.07, 6.45) is 6.55. The first-order chi connectivity index (χ1) is 13.0. The normalized spacial score (nSPS) is 12.8. The standard InChI is InChI=1S/C27H33N/c1-9-24-22(16-17-26(3,4)5)23-18-20(27(6,7)8)12-15-25(23)28(24)21-13-10-19(2)11-14-21/h9-18H,1H2,2-8H3/b17-16+. The molecule has 0 saturated carbocycles. The third-order valence-corrected chi connectivity index (χ3v) is 5.15. The number of aryl methyl sites for hydroxylation is 1. The Hall–Kier alpha value is -2.54. The molecule has 28 heavy (non-hydrogen) atoms. The molecule has 3 aromatic rings. The average Bonchev–Trinajstić information content (AvgIpc) is 2.92. The van der Waals surface area contributed by atoms with Crippen LogP contribution in [0, 0.1) is 12.3 Å². The highest BCUT2D eigenvalue weighted by atomic mass is 15.0. The van der Waals surface area contributed by atoms with Crippen LogP contribution in [0.2, 0.25) is 0 Å². The quantitative estimate of drug-likeness (QED) is 0.440. The van der Waals surface area contributed by atoms with Gasteiger partial charge in [0.25, 0.3) is 0 Å². The highest BCUT2D eigenvalue weighted by molar-refractivity contribution is 5.96. The van der Waals surface area contributed by atoms with Crippen LogP contribution in [0.3, 0.4) is 0 Å². The number of allylic oxidation sites excluding steroid dienone is 1. The topological polar surface area (TPSA) is 4.93 Å². The number of nitrogens with zero attached hydrogens (tertiary/aromatic N) is 1. The first kappa shape index (κ1) is 20.2. The summed E-state index contributed by atoms with van der Waals surface area (Å²) in [4.78, 5) is 0. The minimum absolute atomic E-state index is 0.111. The zero-order chi connectivity index (χ0) is 20.7. The Morgan fingerprint density at radius 3 is 2.07 bits per heavy atom. The van der Waals surface area contributed by atoms with Crippen LogP contribution in [0.15, 0.2) is 55.1 Å². The van der Waals surface area contributed by atoms with Gasteiger partial charge in [-0.25, -0.2) is 0 Å². The van der Waals surface area contributed by atoms with Crippen molar-refractivity contribution in [3.8, 4) is 5.69 Å². The fraction of sp³-hybridized carbons (Fsp3) is 0.333. The van der Waals surface area contributed by atoms with Crippen molar-refractivity contribution in [1.29, 1.82) is 0 Å². The lowest BCUT2D eigenvalue weighted by atomic mass is 9.86. The van der Waals surface area contributed by atoms with Crippen molar-refractivity contribution in [1.82, 2.24) is 4.57 Å². The van der Waals surface area contributed by atoms with Crippen LogP contribution in [0.25, 0.3) is 28.7 Å². The summed E-state index contributed by atoms with van der Waals surface area (Å²) < 4.78 is 2.33. The Kier molecular flexibility index (Phi) is 5.14. The monoisotopic (exact) mass is 371 g/mol. The van der Waals surface area contributed by atoms with Crippen LogP contribution >= 0.6 is 0 Å². The van der Waals surface area contributed by atoms with Crippen LogP contribution in [0.5, 0.6) is 0 Å². The van der Waals surface area contributed by atoms with Crippen LogP contribution in [0.4, 0.5) is 0 Å². The molecule has 1 heteroatoms. The summed E-state index contributed by atoms with van der Waals surface area (Å²) in [5, 5.41) is 1.28. The SMILES string of the molecule is C=Cc1c(/C=C/C(C)(C)C)c2cc(C(C)(C)C)ccc2n1-c1ccc(C)cc1. The average molecular weight is 372 g/mol. The Morgan fingerprint density at radius 2 is 1.54 bits per heavy atom. The van der Waals surface area contributed by atoms with Crippen molar-refractivity contribution in [2.75, 3.05) is 0 Å². The van der Waals surface area contributed by atoms with Crippen molar-refractivity contribution >= 4 is 23.1 Å². The van der Waals surface area contributed by atoms with Gasteiger partial charge < -0.3 is 4.57 Å². The smallest absolute Gasteiger partial charge is 0.0541 e. The second kappa shape index (κ2) is 7.13. The molecule has 1 aromatic heterocycles. The summed E-state index contributed by atoms with van der Waals surface area (Å²) in [6.45, 7) is 19.8. The lowest BCUT2D eigenvalue weighted by molar-refractivity contribution is 0.547. The number of rotatable bonds is 3. The number of hydrogen-bond acceptors (Lipinski definition) is 0. The maximum absolute atomic E-state index is 4.15. The van der Waals surface area contributed by atoms with Crippen molar-refractivity contribution in [2.24, 2.45) is 5.41 Å². The van der Waals surface area contributed by atoms with Gasteiger partial charge in [0.15, 0.2) is 0 Å². The molecule has 3 rings (SSSR count). The van der Waals surface area contributed by atoms with E-state index in [1.165, 1.54) is 33.3 Å². The van der Waals surface area contributed by atoms with E-state index in [9.17, 15) is 0 Å². The maximum Gasteiger partial charge on any atom is 0.0541 e. The molecular weight excluding hydrogens is 338 g/mol. The molecule has 0 atom stereocenters. The van der Waals surface area contributed by atoms with Crippen LogP contribution in [-0.2, 0) is 5.41 Å². The molecular formula is C27H33N. The molecule has 146 valence electrons. The third-order valence-electron chi connectivity index (χ3n) is 5.15. The van der Waals surface area contributed by atoms with Crippen LogP contribution < -0.4 is 0 Å². The van der Waals surface area contributed by atoms with E-state index in [-0.39, 0.29) is 10.8 Å². The van der Waals surface area contributed by atoms with Gasteiger partial charge in [-0.05, 0) is 53.7 Å². The molecule has 1 heterocycles. The Labute approximate surface area is 170 Å². The molecule has 1 nitrogen and oxygen atoms in total. The van der Waals surface area contributed by atoms with Crippen molar-refractivity contribution in [3.05, 3.63) is 77.5 Å². The Bertz CT molecular complexity index is 1030. The number of hydrogen-bond donors (Lipinski definition) is 0. The van der Waals surface area contributed by atoms with Crippen LogP contribution in [-0.4, -0.2) is 4.57 Å². The van der Waals surface area contributed by atoms with Crippen molar-refractivity contribution < 1.29 is 0 Å². The minimum Gasteiger partial charge on any atom is -0.309 e. The van der Waals surface area contributed by atoms with E-state index in [4.69, 9.17) is 0 Å². The molecule has 0 amide bonds. The highest BCUT2D eigenvalue weighted by Crippen LogP contribution is 2.35. The molecule has 0 fully saturated rings. The molecule has 0 aliphatic carbocycles. The van der Waals surface area contributed by atoms with E-state index >= 15 is 0 Å². The lowest BCUT2D eigenvalue weighted by Crippen LogP contribution is -2.10. The summed E-state index contributed by atoms with van der Waals surface area (Å²) >= 11 is 0. The number of fused-ring (bicyclic) bond motifs is 1. The first-order valence-corrected chi connectivity index (χ1v) is 10.1. The van der Waals surface area contributed by atoms with E-state index < -0.39 is 0 Å². The molecule has 0 radical (unpaired) electrons. The number of aromatic nitrogens is 1. The van der Waals surface area contributed by atoms with Crippen LogP contribution in [0.1, 0.15) is 63.9 Å². The molecule has 0 aliphatic rings. The molecule has 0 saturated heterocycles. The van der Waals surface area contributed by atoms with E-state index in [1.807, 2.05) is 6.08 Å². The predicted octanol–water partition coefficient (Wildman–Crippen LogP) is 7.94. The van der Waals surface area contributed by atoms with Crippen molar-refractivity contribution in [3.63, 3.8) is 0 Å². The van der Waals surface area contributed by atoms with E-state index in [0.29, 0.717) is 0 Å². The molecule has 0 bridgehead atoms. The second-order valence-electron chi connectivity index (χ2n) is 9.86. The molecule has 0 unspecified atom stereocenters. The summed E-state index contributed by atoms with van der Waals surface area (Å²) in [5.74, 6) is 0. The van der Waals surface area contributed by atoms with Gasteiger partial charge in [0.05, 0.1) is 11.2 Å². The summed E-state index contributed by atoms with van der Waals surface area (Å²) in [7, 11) is 0. The van der Waals surface area contributed by atoms with Gasteiger partial charge >= 0.3 is 0 Å². The summed E-state index contributed by atoms with van der Waals surface area (Å²) in [5.41, 5.74) is 7.63. The molecule has 0 spiro atoms. The fourth-order valence-corrected chi connectivity index (χ4v) is 3.48. The fourth-order valence-electron chi connectivity index (χ4n) is 3.48. The summed E-state index contributed by atoms with van der Waals surface area (Å²) in [6, 6.07) is 15.6. The van der Waals surface area contributed by atoms with Gasteiger partial charge in [0.1, 0.15) is 0 Å². The highest BCUT2D eigenvalue weighted by Gasteiger charge is 2.20. The maximum atomic E-state index is 4.15. The van der Waals surface area contributed by atoms with E-state index in [2.05, 4.69) is 114 Å².